The van der Waals surface area contributed by atoms with Gasteiger partial charge in [-0.05, 0) is 0 Å². The Kier molecular flexibility index (Phi) is 5.31. The van der Waals surface area contributed by atoms with E-state index in [9.17, 15) is 0 Å². The van der Waals surface area contributed by atoms with E-state index < -0.39 is 0 Å². The van der Waals surface area contributed by atoms with Crippen LogP contribution in [0, 0.1) is 0 Å². The van der Waals surface area contributed by atoms with Crippen LogP contribution < -0.4 is 0 Å². The van der Waals surface area contributed by atoms with E-state index in [1.807, 2.05) is 0 Å². The molecule has 4 nitrogen and oxygen atoms in total. The van der Waals surface area contributed by atoms with Crippen LogP contribution in [0.4, 0.5) is 0 Å². The van der Waals surface area contributed by atoms with Gasteiger partial charge in [0.15, 0.2) is 0 Å². The molecule has 11 heavy (non-hydrogen) atoms. The van der Waals surface area contributed by atoms with Crippen molar-refractivity contribution in [1.29, 1.82) is 0 Å². The third-order valence-corrected chi connectivity index (χ3v) is 1.28. The maximum Gasteiger partial charge on any atom is 0.146 e. The summed E-state index contributed by atoms with van der Waals surface area (Å²) in [5, 5.41) is 0. The van der Waals surface area contributed by atoms with Crippen LogP contribution in [-0.4, -0.2) is 46.4 Å². The molecule has 0 aliphatic carbocycles. The summed E-state index contributed by atoms with van der Waals surface area (Å²) in [5.41, 5.74) is 0. The van der Waals surface area contributed by atoms with E-state index in [0.29, 0.717) is 46.4 Å². The summed E-state index contributed by atoms with van der Waals surface area (Å²) >= 11 is 0. The monoisotopic (exact) mass is 162 g/mol. The average molecular weight is 162 g/mol. The van der Waals surface area contributed by atoms with Gasteiger partial charge in [0.1, 0.15) is 6.79 Å². The lowest BCUT2D eigenvalue weighted by molar-refractivity contribution is -0.0697. The minimum Gasteiger partial charge on any atom is -0.377 e. The van der Waals surface area contributed by atoms with Crippen LogP contribution in [0.3, 0.4) is 0 Å². The molecule has 0 unspecified atom stereocenters. The topological polar surface area (TPSA) is 36.9 Å². The highest BCUT2D eigenvalue weighted by molar-refractivity contribution is 4.34. The molecule has 0 N–H and O–H groups in total. The molecular weight excluding hydrogens is 148 g/mol. The Labute approximate surface area is 66.4 Å². The summed E-state index contributed by atoms with van der Waals surface area (Å²) in [6, 6.07) is 0. The maximum absolute atomic E-state index is 5.16. The Hall–Kier alpha value is -0.160. The minimum atomic E-state index is 0.340. The molecule has 1 fully saturated rings. The summed E-state index contributed by atoms with van der Waals surface area (Å²) in [6.07, 6.45) is 0. The van der Waals surface area contributed by atoms with Crippen LogP contribution in [0.5, 0.6) is 0 Å². The van der Waals surface area contributed by atoms with Gasteiger partial charge in [0.25, 0.3) is 0 Å². The Bertz CT molecular complexity index is 48.5. The molecule has 1 aliphatic heterocycles. The number of hydrogen-bond donors (Lipinski definition) is 0. The number of ether oxygens (including phenoxy) is 4. The normalized spacial score (nSPS) is 24.0. The average Bonchev–Trinajstić information content (AvgIpc) is 2.08. The van der Waals surface area contributed by atoms with Gasteiger partial charge in [-0.25, -0.2) is 0 Å². The Morgan fingerprint density at radius 2 is 0.818 bits per heavy atom. The molecular formula is C7H14O4. The van der Waals surface area contributed by atoms with Crippen LogP contribution >= 0.6 is 0 Å². The quantitative estimate of drug-likeness (QED) is 0.503. The standard InChI is InChI=1S/C7H14O4/c1-2-9-4-6-11-7-10-5-3-8-1/h1-7H2. The van der Waals surface area contributed by atoms with Crippen molar-refractivity contribution < 1.29 is 18.9 Å². The lowest BCUT2D eigenvalue weighted by Gasteiger charge is -2.02. The SMILES string of the molecule is C1COCCOCOCCO1. The number of hydrogen-bond acceptors (Lipinski definition) is 4. The first kappa shape index (κ1) is 8.93. The highest BCUT2D eigenvalue weighted by Gasteiger charge is 1.94. The van der Waals surface area contributed by atoms with Crippen LogP contribution in [0.2, 0.25) is 0 Å². The fourth-order valence-corrected chi connectivity index (χ4v) is 0.734. The maximum atomic E-state index is 5.16. The van der Waals surface area contributed by atoms with Gasteiger partial charge in [0.2, 0.25) is 0 Å². The predicted octanol–water partition coefficient (Wildman–Crippen LogP) is 0.0239. The van der Waals surface area contributed by atoms with E-state index in [1.54, 1.807) is 0 Å². The first-order chi connectivity index (χ1) is 5.50. The fraction of sp³-hybridized carbons (Fsp3) is 1.00. The van der Waals surface area contributed by atoms with Gasteiger partial charge in [-0.1, -0.05) is 0 Å². The highest BCUT2D eigenvalue weighted by Crippen LogP contribution is 1.86. The molecule has 1 aliphatic rings. The van der Waals surface area contributed by atoms with Crippen molar-refractivity contribution in [2.24, 2.45) is 0 Å². The van der Waals surface area contributed by atoms with Gasteiger partial charge >= 0.3 is 0 Å². The molecule has 1 rings (SSSR count). The van der Waals surface area contributed by atoms with Crippen molar-refractivity contribution in [3.63, 3.8) is 0 Å². The van der Waals surface area contributed by atoms with E-state index in [0.717, 1.165) is 0 Å². The first-order valence-electron chi connectivity index (χ1n) is 3.81. The molecule has 1 saturated heterocycles. The van der Waals surface area contributed by atoms with Gasteiger partial charge in [0.05, 0.1) is 39.6 Å². The predicted molar refractivity (Wildman–Crippen MR) is 38.4 cm³/mol. The van der Waals surface area contributed by atoms with Crippen molar-refractivity contribution in [2.45, 2.75) is 0 Å². The third-order valence-electron chi connectivity index (χ3n) is 1.28. The van der Waals surface area contributed by atoms with Gasteiger partial charge in [-0.3, -0.25) is 0 Å². The number of rotatable bonds is 0. The van der Waals surface area contributed by atoms with E-state index in [-0.39, 0.29) is 0 Å². The van der Waals surface area contributed by atoms with Crippen molar-refractivity contribution in [1.82, 2.24) is 0 Å². The molecule has 0 spiro atoms. The summed E-state index contributed by atoms with van der Waals surface area (Å²) in [7, 11) is 0. The van der Waals surface area contributed by atoms with Crippen LogP contribution in [0.25, 0.3) is 0 Å². The Morgan fingerprint density at radius 3 is 1.27 bits per heavy atom. The van der Waals surface area contributed by atoms with Crippen LogP contribution in [0.15, 0.2) is 0 Å². The van der Waals surface area contributed by atoms with Crippen molar-refractivity contribution in [3.05, 3.63) is 0 Å². The summed E-state index contributed by atoms with van der Waals surface area (Å²) in [6.45, 7) is 4.05. The Balaban J connectivity index is 2.02. The highest BCUT2D eigenvalue weighted by atomic mass is 16.7. The second-order valence-corrected chi connectivity index (χ2v) is 2.16. The van der Waals surface area contributed by atoms with E-state index in [1.165, 1.54) is 0 Å². The van der Waals surface area contributed by atoms with Crippen LogP contribution in [0.1, 0.15) is 0 Å². The molecule has 0 amide bonds. The zero-order chi connectivity index (χ0) is 7.78. The molecule has 0 atom stereocenters. The molecule has 0 aromatic rings. The third kappa shape index (κ3) is 5.15. The van der Waals surface area contributed by atoms with Gasteiger partial charge < -0.3 is 18.9 Å². The lowest BCUT2D eigenvalue weighted by atomic mass is 10.7. The smallest absolute Gasteiger partial charge is 0.146 e. The summed E-state index contributed by atoms with van der Waals surface area (Å²) in [4.78, 5) is 0. The molecule has 0 saturated carbocycles. The zero-order valence-electron chi connectivity index (χ0n) is 6.58. The molecule has 1 heterocycles. The lowest BCUT2D eigenvalue weighted by Crippen LogP contribution is -2.08. The molecule has 0 aromatic heterocycles. The van der Waals surface area contributed by atoms with Crippen molar-refractivity contribution >= 4 is 0 Å². The molecule has 66 valence electrons. The summed E-state index contributed by atoms with van der Waals surface area (Å²) in [5.74, 6) is 0. The molecule has 0 radical (unpaired) electrons. The Morgan fingerprint density at radius 1 is 0.455 bits per heavy atom. The van der Waals surface area contributed by atoms with E-state index in [2.05, 4.69) is 0 Å². The van der Waals surface area contributed by atoms with Gasteiger partial charge in [-0.15, -0.1) is 0 Å². The minimum absolute atomic E-state index is 0.340. The largest absolute Gasteiger partial charge is 0.377 e. The molecule has 0 bridgehead atoms. The zero-order valence-corrected chi connectivity index (χ0v) is 6.58. The second-order valence-electron chi connectivity index (χ2n) is 2.16. The first-order valence-corrected chi connectivity index (χ1v) is 3.81. The van der Waals surface area contributed by atoms with E-state index >= 15 is 0 Å². The van der Waals surface area contributed by atoms with E-state index in [4.69, 9.17) is 18.9 Å². The van der Waals surface area contributed by atoms with Crippen molar-refractivity contribution in [3.8, 4) is 0 Å². The van der Waals surface area contributed by atoms with Crippen molar-refractivity contribution in [2.75, 3.05) is 46.4 Å². The summed E-state index contributed by atoms with van der Waals surface area (Å²) < 4.78 is 20.4. The van der Waals surface area contributed by atoms with Gasteiger partial charge in [-0.2, -0.15) is 0 Å². The fourth-order valence-electron chi connectivity index (χ4n) is 0.734. The molecule has 0 aromatic carbocycles. The second kappa shape index (κ2) is 6.54. The molecule has 4 heteroatoms. The van der Waals surface area contributed by atoms with Gasteiger partial charge in [0, 0.05) is 0 Å². The van der Waals surface area contributed by atoms with Crippen LogP contribution in [-0.2, 0) is 18.9 Å².